The number of rotatable bonds is 8. The van der Waals surface area contributed by atoms with Crippen molar-refractivity contribution >= 4 is 22.7 Å². The van der Waals surface area contributed by atoms with Gasteiger partial charge in [0.15, 0.2) is 0 Å². The number of aromatic nitrogens is 3. The van der Waals surface area contributed by atoms with Crippen LogP contribution < -0.4 is 16.6 Å². The molecule has 33 heavy (non-hydrogen) atoms. The lowest BCUT2D eigenvalue weighted by Crippen LogP contribution is -2.65. The molecule has 1 unspecified atom stereocenters. The van der Waals surface area contributed by atoms with Crippen LogP contribution in [-0.4, -0.2) is 51.8 Å². The van der Waals surface area contributed by atoms with Gasteiger partial charge in [-0.25, -0.2) is 4.98 Å². The zero-order valence-corrected chi connectivity index (χ0v) is 19.4. The Morgan fingerprint density at radius 2 is 1.82 bits per heavy atom. The minimum atomic E-state index is -0.114. The van der Waals surface area contributed by atoms with E-state index < -0.39 is 0 Å². The van der Waals surface area contributed by atoms with Crippen LogP contribution in [0.25, 0.3) is 10.9 Å². The van der Waals surface area contributed by atoms with E-state index in [0.29, 0.717) is 28.7 Å². The van der Waals surface area contributed by atoms with Crippen LogP contribution in [0.2, 0.25) is 0 Å². The number of ether oxygens (including phenoxy) is 1. The van der Waals surface area contributed by atoms with Crippen molar-refractivity contribution in [1.82, 2.24) is 19.4 Å². The maximum atomic E-state index is 13.3. The summed E-state index contributed by atoms with van der Waals surface area (Å²) in [6.45, 7) is 9.74. The molecule has 0 saturated carbocycles. The molecule has 3 aromatic rings. The lowest BCUT2D eigenvalue weighted by molar-refractivity contribution is -0.191. The van der Waals surface area contributed by atoms with Crippen LogP contribution >= 0.6 is 0 Å². The number of nitrogen functional groups attached to an aromatic ring is 1. The van der Waals surface area contributed by atoms with Crippen LogP contribution in [-0.2, 0) is 17.8 Å². The van der Waals surface area contributed by atoms with Crippen LogP contribution in [0.3, 0.4) is 0 Å². The van der Waals surface area contributed by atoms with Gasteiger partial charge in [-0.2, -0.15) is 4.98 Å². The second-order valence-electron chi connectivity index (χ2n) is 9.73. The van der Waals surface area contributed by atoms with Crippen LogP contribution in [0.15, 0.2) is 41.3 Å². The molecule has 1 atom stereocenters. The van der Waals surface area contributed by atoms with Gasteiger partial charge in [-0.15, -0.1) is 0 Å². The number of benzene rings is 1. The molecule has 174 valence electrons. The monoisotopic (exact) mass is 448 g/mol. The number of nitrogens with zero attached hydrogens (tertiary/aromatic N) is 4. The number of pyridine rings is 1. The van der Waals surface area contributed by atoms with Gasteiger partial charge in [-0.1, -0.05) is 37.6 Å². The summed E-state index contributed by atoms with van der Waals surface area (Å²) in [6, 6.07) is 10.6. The highest BCUT2D eigenvalue weighted by atomic mass is 16.5. The molecule has 5 rings (SSSR count). The first kappa shape index (κ1) is 21.9. The van der Waals surface area contributed by atoms with E-state index >= 15 is 0 Å². The number of nitrogens with one attached hydrogen (secondary N) is 1. The van der Waals surface area contributed by atoms with E-state index in [1.807, 2.05) is 6.07 Å². The number of likely N-dealkylation sites (tertiary alicyclic amines) is 1. The van der Waals surface area contributed by atoms with Crippen LogP contribution in [0.1, 0.15) is 37.8 Å². The smallest absolute Gasteiger partial charge is 0.264 e. The van der Waals surface area contributed by atoms with E-state index in [1.165, 1.54) is 5.56 Å². The average molecular weight is 449 g/mol. The molecule has 0 aliphatic carbocycles. The molecule has 8 nitrogen and oxygen atoms in total. The zero-order valence-electron chi connectivity index (χ0n) is 19.4. The van der Waals surface area contributed by atoms with Crippen molar-refractivity contribution < 1.29 is 4.74 Å². The minimum absolute atomic E-state index is 0.114. The van der Waals surface area contributed by atoms with E-state index in [9.17, 15) is 4.79 Å². The van der Waals surface area contributed by atoms with Crippen LogP contribution in [0, 0.1) is 5.41 Å². The maximum absolute atomic E-state index is 13.3. The number of hydrogen-bond donors (Lipinski definition) is 2. The third-order valence-corrected chi connectivity index (χ3v) is 6.66. The highest BCUT2D eigenvalue weighted by Crippen LogP contribution is 2.38. The topological polar surface area (TPSA) is 98.3 Å². The quantitative estimate of drug-likeness (QED) is 0.547. The van der Waals surface area contributed by atoms with Crippen molar-refractivity contribution in [2.45, 2.75) is 45.8 Å². The van der Waals surface area contributed by atoms with Gasteiger partial charge < -0.3 is 20.4 Å². The van der Waals surface area contributed by atoms with E-state index in [1.54, 1.807) is 10.8 Å². The molecule has 0 radical (unpaired) electrons. The molecule has 8 heteroatoms. The highest BCUT2D eigenvalue weighted by Gasteiger charge is 2.48. The summed E-state index contributed by atoms with van der Waals surface area (Å²) >= 11 is 0. The molecule has 2 fully saturated rings. The largest absolute Gasteiger partial charge is 0.380 e. The van der Waals surface area contributed by atoms with Crippen molar-refractivity contribution in [2.24, 2.45) is 5.41 Å². The van der Waals surface area contributed by atoms with Crippen molar-refractivity contribution in [3.63, 3.8) is 0 Å². The number of fused-ring (bicyclic) bond motifs is 1. The Balaban J connectivity index is 1.32. The Hall–Kier alpha value is -2.97. The van der Waals surface area contributed by atoms with Crippen molar-refractivity contribution in [3.05, 3.63) is 58.0 Å². The lowest BCUT2D eigenvalue weighted by atomic mass is 9.78. The van der Waals surface area contributed by atoms with Gasteiger partial charge in [-0.3, -0.25) is 9.69 Å². The van der Waals surface area contributed by atoms with E-state index in [2.05, 4.69) is 58.3 Å². The van der Waals surface area contributed by atoms with Gasteiger partial charge in [-0.05, 0) is 30.5 Å². The van der Waals surface area contributed by atoms with Crippen molar-refractivity contribution in [2.75, 3.05) is 37.4 Å². The average Bonchev–Trinajstić information content (AvgIpc) is 2.72. The Bertz CT molecular complexity index is 1190. The van der Waals surface area contributed by atoms with Crippen LogP contribution in [0.5, 0.6) is 0 Å². The van der Waals surface area contributed by atoms with E-state index in [4.69, 9.17) is 10.5 Å². The summed E-state index contributed by atoms with van der Waals surface area (Å²) in [7, 11) is 0. The molecule has 1 aromatic carbocycles. The molecule has 1 spiro atoms. The normalized spacial score (nSPS) is 18.1. The summed E-state index contributed by atoms with van der Waals surface area (Å²) in [4.78, 5) is 24.4. The molecule has 0 amide bonds. The molecular weight excluding hydrogens is 416 g/mol. The fraction of sp³-hybridized carbons (Fsp3) is 0.480. The first-order chi connectivity index (χ1) is 15.9. The van der Waals surface area contributed by atoms with Gasteiger partial charge in [0.2, 0.25) is 5.95 Å². The molecular formula is C25H32N6O2. The first-order valence-electron chi connectivity index (χ1n) is 11.8. The predicted octanol–water partition coefficient (Wildman–Crippen LogP) is 2.85. The lowest BCUT2D eigenvalue weighted by Gasteiger charge is -2.55. The predicted molar refractivity (Wildman–Crippen MR) is 130 cm³/mol. The number of hydrogen-bond acceptors (Lipinski definition) is 7. The minimum Gasteiger partial charge on any atom is -0.380 e. The summed E-state index contributed by atoms with van der Waals surface area (Å²) in [6.07, 6.45) is 3.80. The van der Waals surface area contributed by atoms with Crippen molar-refractivity contribution in [3.8, 4) is 0 Å². The standard InChI is InChI=1S/C25H32N6O2/c1-3-4-17(2)27-22-21-20(28-24(26)29-22)9-10-31(23(21)32)12-19-7-5-18(6-8-19)11-30-13-25(14-30)15-33-16-25/h5-10,17H,3-4,11-16H2,1-2H3,(H3,26,27,28,29). The molecule has 2 aliphatic rings. The summed E-state index contributed by atoms with van der Waals surface area (Å²) in [5.41, 5.74) is 9.16. The third-order valence-electron chi connectivity index (χ3n) is 6.66. The zero-order chi connectivity index (χ0) is 23.0. The van der Waals surface area contributed by atoms with Gasteiger partial charge in [0.05, 0.1) is 25.3 Å². The molecule has 2 aliphatic heterocycles. The SMILES string of the molecule is CCCC(C)Nc1nc(N)nc2ccn(Cc3ccc(CN4CC5(COC5)C4)cc3)c(=O)c12. The number of nitrogens with two attached hydrogens (primary N) is 1. The fourth-order valence-electron chi connectivity index (χ4n) is 4.96. The first-order valence-corrected chi connectivity index (χ1v) is 11.8. The van der Waals surface area contributed by atoms with E-state index in [0.717, 1.165) is 51.3 Å². The highest BCUT2D eigenvalue weighted by molar-refractivity contribution is 5.89. The Morgan fingerprint density at radius 1 is 1.12 bits per heavy atom. The summed E-state index contributed by atoms with van der Waals surface area (Å²) < 4.78 is 7.07. The fourth-order valence-corrected chi connectivity index (χ4v) is 4.96. The molecule has 0 bridgehead atoms. The Kier molecular flexibility index (Phi) is 5.80. The molecule has 2 aromatic heterocycles. The Labute approximate surface area is 193 Å². The summed E-state index contributed by atoms with van der Waals surface area (Å²) in [5.74, 6) is 0.678. The molecule has 3 N–H and O–H groups in total. The molecule has 2 saturated heterocycles. The number of anilines is 2. The maximum Gasteiger partial charge on any atom is 0.264 e. The third kappa shape index (κ3) is 4.45. The Morgan fingerprint density at radius 3 is 2.45 bits per heavy atom. The van der Waals surface area contributed by atoms with Gasteiger partial charge >= 0.3 is 0 Å². The van der Waals surface area contributed by atoms with Crippen LogP contribution in [0.4, 0.5) is 11.8 Å². The summed E-state index contributed by atoms with van der Waals surface area (Å²) in [5, 5.41) is 3.84. The van der Waals surface area contributed by atoms with Gasteiger partial charge in [0.25, 0.3) is 5.56 Å². The molecule has 4 heterocycles. The second kappa shape index (κ2) is 8.76. The van der Waals surface area contributed by atoms with Gasteiger partial charge in [0.1, 0.15) is 11.2 Å². The van der Waals surface area contributed by atoms with Gasteiger partial charge in [0, 0.05) is 37.3 Å². The van der Waals surface area contributed by atoms with Crippen molar-refractivity contribution in [1.29, 1.82) is 0 Å². The van der Waals surface area contributed by atoms with E-state index in [-0.39, 0.29) is 17.5 Å². The second-order valence-corrected chi connectivity index (χ2v) is 9.73.